The van der Waals surface area contributed by atoms with Gasteiger partial charge in [0.1, 0.15) is 5.75 Å². The van der Waals surface area contributed by atoms with Crippen molar-refractivity contribution in [3.05, 3.63) is 36.3 Å². The number of hydrogen-bond donors (Lipinski definition) is 0. The number of rotatable bonds is 5. The van der Waals surface area contributed by atoms with Gasteiger partial charge < -0.3 is 14.2 Å². The zero-order valence-electron chi connectivity index (χ0n) is 13.3. The Labute approximate surface area is 142 Å². The number of aromatic nitrogens is 2. The van der Waals surface area contributed by atoms with Gasteiger partial charge in [0, 0.05) is 12.1 Å². The number of imidazole rings is 1. The number of hydrogen-bond acceptors (Lipinski definition) is 3. The maximum absolute atomic E-state index is 12.4. The Morgan fingerprint density at radius 1 is 1.20 bits per heavy atom. The van der Waals surface area contributed by atoms with Crippen LogP contribution in [0.25, 0.3) is 11.3 Å². The molecule has 2 aromatic rings. The van der Waals surface area contributed by atoms with E-state index in [2.05, 4.69) is 9.72 Å². The fraction of sp³-hybridized carbons (Fsp3) is 0.412. The van der Waals surface area contributed by atoms with Crippen molar-refractivity contribution in [2.24, 2.45) is 5.92 Å². The second-order valence-corrected chi connectivity index (χ2v) is 6.41. The third kappa shape index (κ3) is 3.33. The molecule has 0 N–H and O–H groups in total. The Hall–Kier alpha value is -2.51. The van der Waals surface area contributed by atoms with E-state index in [-0.39, 0.29) is 11.7 Å². The Morgan fingerprint density at radius 3 is 2.56 bits per heavy atom. The fourth-order valence-corrected chi connectivity index (χ4v) is 3.04. The molecule has 1 aliphatic carbocycles. The third-order valence-electron chi connectivity index (χ3n) is 4.53. The molecule has 0 atom stereocenters. The smallest absolute Gasteiger partial charge is 0.406 e. The molecule has 0 unspecified atom stereocenters. The second-order valence-electron chi connectivity index (χ2n) is 6.41. The average Bonchev–Trinajstić information content (AvgIpc) is 3.20. The summed E-state index contributed by atoms with van der Waals surface area (Å²) in [6.07, 6.45) is 0.350. The highest BCUT2D eigenvalue weighted by molar-refractivity contribution is 5.93. The number of nitrogens with zero attached hydrogens (tertiary/aromatic N) is 3. The van der Waals surface area contributed by atoms with Gasteiger partial charge in [-0.1, -0.05) is 12.8 Å². The predicted molar refractivity (Wildman–Crippen MR) is 82.7 cm³/mol. The van der Waals surface area contributed by atoms with Gasteiger partial charge >= 0.3 is 6.36 Å². The topological polar surface area (TPSA) is 47.4 Å². The number of alkyl halides is 3. The highest BCUT2D eigenvalue weighted by Crippen LogP contribution is 2.34. The molecule has 1 aromatic carbocycles. The van der Waals surface area contributed by atoms with Gasteiger partial charge in [0.2, 0.25) is 5.82 Å². The van der Waals surface area contributed by atoms with Gasteiger partial charge in [0.25, 0.3) is 5.91 Å². The van der Waals surface area contributed by atoms with Gasteiger partial charge in [-0.05, 0) is 36.6 Å². The van der Waals surface area contributed by atoms with Crippen LogP contribution in [-0.4, -0.2) is 33.3 Å². The van der Waals surface area contributed by atoms with Crippen LogP contribution in [0.15, 0.2) is 30.5 Å². The molecule has 8 heteroatoms. The number of carbonyl (C=O) groups excluding carboxylic acids is 1. The molecule has 0 radical (unpaired) electrons. The fourth-order valence-electron chi connectivity index (χ4n) is 3.04. The van der Waals surface area contributed by atoms with E-state index >= 15 is 0 Å². The molecule has 0 bridgehead atoms. The van der Waals surface area contributed by atoms with Gasteiger partial charge in [-0.25, -0.2) is 4.98 Å². The predicted octanol–water partition coefficient (Wildman–Crippen LogP) is 3.66. The third-order valence-corrected chi connectivity index (χ3v) is 4.53. The van der Waals surface area contributed by atoms with Crippen molar-refractivity contribution in [3.8, 4) is 17.0 Å². The first-order valence-electron chi connectivity index (χ1n) is 8.12. The molecule has 1 aromatic heterocycles. The lowest BCUT2D eigenvalue weighted by molar-refractivity contribution is -0.274. The van der Waals surface area contributed by atoms with Crippen molar-refractivity contribution in [2.45, 2.75) is 32.3 Å². The molecular formula is C17H16F3N3O2. The van der Waals surface area contributed by atoms with Crippen LogP contribution in [0.1, 0.15) is 29.9 Å². The summed E-state index contributed by atoms with van der Waals surface area (Å²) in [4.78, 5) is 18.3. The van der Waals surface area contributed by atoms with Crippen molar-refractivity contribution < 1.29 is 22.7 Å². The Morgan fingerprint density at radius 2 is 1.92 bits per heavy atom. The first-order chi connectivity index (χ1) is 11.9. The van der Waals surface area contributed by atoms with Gasteiger partial charge in [0.05, 0.1) is 18.6 Å². The van der Waals surface area contributed by atoms with E-state index in [1.807, 2.05) is 0 Å². The van der Waals surface area contributed by atoms with Crippen LogP contribution in [0.4, 0.5) is 13.2 Å². The van der Waals surface area contributed by atoms with Crippen molar-refractivity contribution in [1.29, 1.82) is 0 Å². The molecule has 2 aliphatic rings. The number of fused-ring (bicyclic) bond motifs is 1. The zero-order chi connectivity index (χ0) is 17.6. The summed E-state index contributed by atoms with van der Waals surface area (Å²) in [5.41, 5.74) is 1.39. The minimum Gasteiger partial charge on any atom is -0.406 e. The van der Waals surface area contributed by atoms with E-state index in [0.717, 1.165) is 12.3 Å². The molecular weight excluding hydrogens is 335 g/mol. The van der Waals surface area contributed by atoms with Crippen LogP contribution < -0.4 is 4.74 Å². The van der Waals surface area contributed by atoms with Crippen LogP contribution >= 0.6 is 0 Å². The summed E-state index contributed by atoms with van der Waals surface area (Å²) in [6.45, 7) is 1.14. The molecule has 1 aliphatic heterocycles. The Balaban J connectivity index is 1.51. The van der Waals surface area contributed by atoms with Gasteiger partial charge in [-0.3, -0.25) is 4.79 Å². The van der Waals surface area contributed by atoms with E-state index in [9.17, 15) is 18.0 Å². The molecule has 0 saturated heterocycles. The SMILES string of the molecule is O=C1c2ncc(-c3ccc(OC(F)(F)F)cc3)n2CN1CCC1CC1. The van der Waals surface area contributed by atoms with Crippen LogP contribution in [0.3, 0.4) is 0 Å². The van der Waals surface area contributed by atoms with Crippen LogP contribution in [-0.2, 0) is 6.67 Å². The molecule has 0 spiro atoms. The second kappa shape index (κ2) is 5.79. The molecule has 132 valence electrons. The van der Waals surface area contributed by atoms with Crippen molar-refractivity contribution in [3.63, 3.8) is 0 Å². The maximum atomic E-state index is 12.4. The lowest BCUT2D eigenvalue weighted by Crippen LogP contribution is -2.26. The molecule has 25 heavy (non-hydrogen) atoms. The number of halogens is 3. The molecule has 4 rings (SSSR count). The Bertz CT molecular complexity index is 794. The van der Waals surface area contributed by atoms with Crippen molar-refractivity contribution in [2.75, 3.05) is 6.54 Å². The molecule has 1 fully saturated rings. The molecule has 1 amide bonds. The molecule has 1 saturated carbocycles. The van der Waals surface area contributed by atoms with Crippen LogP contribution in [0.5, 0.6) is 5.75 Å². The van der Waals surface area contributed by atoms with E-state index in [1.165, 1.54) is 37.1 Å². The monoisotopic (exact) mass is 351 g/mol. The highest BCUT2D eigenvalue weighted by atomic mass is 19.4. The summed E-state index contributed by atoms with van der Waals surface area (Å²) in [7, 11) is 0. The summed E-state index contributed by atoms with van der Waals surface area (Å²) in [5, 5.41) is 0. The quantitative estimate of drug-likeness (QED) is 0.826. The summed E-state index contributed by atoms with van der Waals surface area (Å²) >= 11 is 0. The number of carbonyl (C=O) groups is 1. The normalized spacial score (nSPS) is 17.1. The van der Waals surface area contributed by atoms with Gasteiger partial charge in [-0.2, -0.15) is 0 Å². The van der Waals surface area contributed by atoms with Crippen molar-refractivity contribution in [1.82, 2.24) is 14.5 Å². The number of amides is 1. The maximum Gasteiger partial charge on any atom is 0.573 e. The lowest BCUT2D eigenvalue weighted by Gasteiger charge is -2.15. The standard InChI is InChI=1S/C17H16F3N3O2/c18-17(19,20)25-13-5-3-12(4-6-13)14-9-21-15-16(24)22(10-23(14)15)8-7-11-1-2-11/h3-6,9,11H,1-2,7-8,10H2. The number of ether oxygens (including phenoxy) is 1. The first-order valence-corrected chi connectivity index (χ1v) is 8.12. The van der Waals surface area contributed by atoms with Gasteiger partial charge in [0.15, 0.2) is 0 Å². The molecule has 2 heterocycles. The van der Waals surface area contributed by atoms with Crippen LogP contribution in [0.2, 0.25) is 0 Å². The Kier molecular flexibility index (Phi) is 3.70. The van der Waals surface area contributed by atoms with E-state index in [1.54, 1.807) is 15.7 Å². The van der Waals surface area contributed by atoms with E-state index in [4.69, 9.17) is 0 Å². The average molecular weight is 351 g/mol. The largest absolute Gasteiger partial charge is 0.573 e. The van der Waals surface area contributed by atoms with Crippen molar-refractivity contribution >= 4 is 5.91 Å². The molecule has 5 nitrogen and oxygen atoms in total. The summed E-state index contributed by atoms with van der Waals surface area (Å²) < 4.78 is 42.4. The van der Waals surface area contributed by atoms with E-state index < -0.39 is 6.36 Å². The van der Waals surface area contributed by atoms with E-state index in [0.29, 0.717) is 30.3 Å². The zero-order valence-corrected chi connectivity index (χ0v) is 13.3. The number of benzene rings is 1. The highest BCUT2D eigenvalue weighted by Gasteiger charge is 2.33. The minimum atomic E-state index is -4.71. The summed E-state index contributed by atoms with van der Waals surface area (Å²) in [6, 6.07) is 5.57. The lowest BCUT2D eigenvalue weighted by atomic mass is 10.1. The minimum absolute atomic E-state index is 0.0936. The first kappa shape index (κ1) is 16.0. The van der Waals surface area contributed by atoms with Gasteiger partial charge in [-0.15, -0.1) is 13.2 Å². The van der Waals surface area contributed by atoms with Crippen LogP contribution in [0, 0.1) is 5.92 Å². The summed E-state index contributed by atoms with van der Waals surface area (Å²) in [5.74, 6) is 0.742.